The van der Waals surface area contributed by atoms with Crippen LogP contribution in [0.25, 0.3) is 0 Å². The van der Waals surface area contributed by atoms with Crippen LogP contribution in [0.15, 0.2) is 24.3 Å². The third-order valence-electron chi connectivity index (χ3n) is 2.79. The molecule has 0 bridgehead atoms. The molecule has 2 heteroatoms. The van der Waals surface area contributed by atoms with E-state index in [4.69, 9.17) is 9.84 Å². The third-order valence-corrected chi connectivity index (χ3v) is 2.79. The van der Waals surface area contributed by atoms with E-state index in [1.807, 2.05) is 24.3 Å². The topological polar surface area (TPSA) is 29.5 Å². The molecule has 0 atom stereocenters. The lowest BCUT2D eigenvalue weighted by atomic mass is 9.86. The van der Waals surface area contributed by atoms with Gasteiger partial charge < -0.3 is 9.84 Å². The molecule has 0 amide bonds. The Morgan fingerprint density at radius 2 is 2.21 bits per heavy atom. The molecule has 1 N–H and O–H groups in total. The molecule has 1 aliphatic rings. The zero-order chi connectivity index (χ0) is 9.80. The average Bonchev–Trinajstić information content (AvgIpc) is 2.16. The predicted molar refractivity (Wildman–Crippen MR) is 55.2 cm³/mol. The molecule has 14 heavy (non-hydrogen) atoms. The van der Waals surface area contributed by atoms with E-state index < -0.39 is 0 Å². The number of benzene rings is 1. The maximum atomic E-state index is 8.94. The van der Waals surface area contributed by atoms with Gasteiger partial charge in [-0.1, -0.05) is 18.6 Å². The number of aliphatic hydroxyl groups is 1. The van der Waals surface area contributed by atoms with Gasteiger partial charge in [-0.3, -0.25) is 0 Å². The summed E-state index contributed by atoms with van der Waals surface area (Å²) in [6.07, 6.45) is 3.96. The highest BCUT2D eigenvalue weighted by Crippen LogP contribution is 2.27. The van der Waals surface area contributed by atoms with Crippen LogP contribution < -0.4 is 4.74 Å². The van der Waals surface area contributed by atoms with E-state index in [1.54, 1.807) is 0 Å². The number of ether oxygens (including phenoxy) is 1. The second-order valence-corrected chi connectivity index (χ2v) is 3.91. The normalized spacial score (nSPS) is 16.4. The Balaban J connectivity index is 1.87. The van der Waals surface area contributed by atoms with Crippen molar-refractivity contribution in [1.82, 2.24) is 0 Å². The summed E-state index contributed by atoms with van der Waals surface area (Å²) >= 11 is 0. The first kappa shape index (κ1) is 9.53. The fourth-order valence-corrected chi connectivity index (χ4v) is 1.61. The zero-order valence-electron chi connectivity index (χ0n) is 8.28. The summed E-state index contributed by atoms with van der Waals surface area (Å²) in [5, 5.41) is 8.94. The maximum Gasteiger partial charge on any atom is 0.119 e. The minimum absolute atomic E-state index is 0.0840. The minimum atomic E-state index is 0.0840. The predicted octanol–water partition coefficient (Wildman–Crippen LogP) is 2.36. The van der Waals surface area contributed by atoms with Crippen molar-refractivity contribution in [2.45, 2.75) is 25.9 Å². The lowest BCUT2D eigenvalue weighted by Gasteiger charge is -2.25. The Morgan fingerprint density at radius 3 is 2.86 bits per heavy atom. The van der Waals surface area contributed by atoms with Crippen LogP contribution in [0.3, 0.4) is 0 Å². The molecule has 0 unspecified atom stereocenters. The molecule has 1 aromatic carbocycles. The van der Waals surface area contributed by atoms with Gasteiger partial charge in [0.05, 0.1) is 13.2 Å². The van der Waals surface area contributed by atoms with Crippen LogP contribution in [-0.2, 0) is 6.61 Å². The number of aliphatic hydroxyl groups excluding tert-OH is 1. The lowest BCUT2D eigenvalue weighted by Crippen LogP contribution is -2.19. The first-order valence-electron chi connectivity index (χ1n) is 5.21. The van der Waals surface area contributed by atoms with Crippen LogP contribution in [0.4, 0.5) is 0 Å². The SMILES string of the molecule is OCc1cccc(OCC2CCC2)c1. The van der Waals surface area contributed by atoms with Gasteiger partial charge in [-0.2, -0.15) is 0 Å². The quantitative estimate of drug-likeness (QED) is 0.793. The van der Waals surface area contributed by atoms with E-state index in [-0.39, 0.29) is 6.61 Å². The van der Waals surface area contributed by atoms with Crippen LogP contribution in [0.1, 0.15) is 24.8 Å². The molecular formula is C12H16O2. The van der Waals surface area contributed by atoms with Crippen molar-refractivity contribution in [3.8, 4) is 5.75 Å². The molecule has 0 heterocycles. The molecule has 1 saturated carbocycles. The Morgan fingerprint density at radius 1 is 1.36 bits per heavy atom. The summed E-state index contributed by atoms with van der Waals surface area (Å²) in [7, 11) is 0. The molecule has 2 rings (SSSR count). The van der Waals surface area contributed by atoms with Crippen molar-refractivity contribution in [2.75, 3.05) is 6.61 Å². The van der Waals surface area contributed by atoms with E-state index in [2.05, 4.69) is 0 Å². The summed E-state index contributed by atoms with van der Waals surface area (Å²) in [6, 6.07) is 7.66. The van der Waals surface area contributed by atoms with Gasteiger partial charge in [0.25, 0.3) is 0 Å². The third kappa shape index (κ3) is 2.26. The van der Waals surface area contributed by atoms with Crippen LogP contribution in [-0.4, -0.2) is 11.7 Å². The van der Waals surface area contributed by atoms with Crippen molar-refractivity contribution >= 4 is 0 Å². The largest absolute Gasteiger partial charge is 0.493 e. The highest BCUT2D eigenvalue weighted by Gasteiger charge is 2.17. The summed E-state index contributed by atoms with van der Waals surface area (Å²) < 4.78 is 5.64. The molecule has 1 fully saturated rings. The number of rotatable bonds is 4. The van der Waals surface area contributed by atoms with Crippen molar-refractivity contribution in [1.29, 1.82) is 0 Å². The summed E-state index contributed by atoms with van der Waals surface area (Å²) in [5.74, 6) is 1.64. The lowest BCUT2D eigenvalue weighted by molar-refractivity contribution is 0.180. The molecule has 0 spiro atoms. The Hall–Kier alpha value is -1.02. The van der Waals surface area contributed by atoms with Gasteiger partial charge in [-0.25, -0.2) is 0 Å². The fourth-order valence-electron chi connectivity index (χ4n) is 1.61. The molecule has 1 aromatic rings. The second-order valence-electron chi connectivity index (χ2n) is 3.91. The first-order valence-corrected chi connectivity index (χ1v) is 5.21. The van der Waals surface area contributed by atoms with E-state index in [9.17, 15) is 0 Å². The van der Waals surface area contributed by atoms with Gasteiger partial charge >= 0.3 is 0 Å². The Labute approximate surface area is 84.5 Å². The van der Waals surface area contributed by atoms with Gasteiger partial charge in [0.2, 0.25) is 0 Å². The van der Waals surface area contributed by atoms with Crippen LogP contribution in [0.2, 0.25) is 0 Å². The molecule has 2 nitrogen and oxygen atoms in total. The smallest absolute Gasteiger partial charge is 0.119 e. The Kier molecular flexibility index (Phi) is 3.04. The first-order chi connectivity index (χ1) is 6.88. The standard InChI is InChI=1S/C12H16O2/c13-8-11-5-2-6-12(7-11)14-9-10-3-1-4-10/h2,5-7,10,13H,1,3-4,8-9H2. The van der Waals surface area contributed by atoms with E-state index in [0.29, 0.717) is 0 Å². The molecule has 0 radical (unpaired) electrons. The van der Waals surface area contributed by atoms with Crippen LogP contribution in [0, 0.1) is 5.92 Å². The molecule has 0 saturated heterocycles. The monoisotopic (exact) mass is 192 g/mol. The summed E-state index contributed by atoms with van der Waals surface area (Å²) in [6.45, 7) is 0.912. The van der Waals surface area contributed by atoms with Crippen molar-refractivity contribution in [3.63, 3.8) is 0 Å². The highest BCUT2D eigenvalue weighted by atomic mass is 16.5. The Bertz CT molecular complexity index is 292. The summed E-state index contributed by atoms with van der Waals surface area (Å²) in [5.41, 5.74) is 0.913. The molecule has 76 valence electrons. The molecule has 0 aromatic heterocycles. The molecule has 1 aliphatic carbocycles. The van der Waals surface area contributed by atoms with Crippen molar-refractivity contribution in [2.24, 2.45) is 5.92 Å². The molecule has 0 aliphatic heterocycles. The highest BCUT2D eigenvalue weighted by molar-refractivity contribution is 5.27. The van der Waals surface area contributed by atoms with E-state index in [1.165, 1.54) is 19.3 Å². The van der Waals surface area contributed by atoms with Crippen molar-refractivity contribution in [3.05, 3.63) is 29.8 Å². The average molecular weight is 192 g/mol. The van der Waals surface area contributed by atoms with Gasteiger partial charge in [-0.15, -0.1) is 0 Å². The van der Waals surface area contributed by atoms with Crippen molar-refractivity contribution < 1.29 is 9.84 Å². The number of hydrogen-bond acceptors (Lipinski definition) is 2. The van der Waals surface area contributed by atoms with Gasteiger partial charge in [0.1, 0.15) is 5.75 Å². The minimum Gasteiger partial charge on any atom is -0.493 e. The van der Waals surface area contributed by atoms with Crippen LogP contribution >= 0.6 is 0 Å². The fraction of sp³-hybridized carbons (Fsp3) is 0.500. The summed E-state index contributed by atoms with van der Waals surface area (Å²) in [4.78, 5) is 0. The van der Waals surface area contributed by atoms with Gasteiger partial charge in [0, 0.05) is 0 Å². The van der Waals surface area contributed by atoms with Gasteiger partial charge in [0.15, 0.2) is 0 Å². The second kappa shape index (κ2) is 4.47. The van der Waals surface area contributed by atoms with E-state index in [0.717, 1.165) is 23.8 Å². The zero-order valence-corrected chi connectivity index (χ0v) is 8.28. The van der Waals surface area contributed by atoms with Crippen LogP contribution in [0.5, 0.6) is 5.75 Å². The van der Waals surface area contributed by atoms with Gasteiger partial charge in [-0.05, 0) is 36.5 Å². The maximum absolute atomic E-state index is 8.94. The molecular weight excluding hydrogens is 176 g/mol. The van der Waals surface area contributed by atoms with E-state index >= 15 is 0 Å². The number of hydrogen-bond donors (Lipinski definition) is 1.